The molecule has 0 aromatic carbocycles. The van der Waals surface area contributed by atoms with E-state index in [1.807, 2.05) is 6.07 Å². The van der Waals surface area contributed by atoms with Gasteiger partial charge in [0.25, 0.3) is 0 Å². The van der Waals surface area contributed by atoms with Gasteiger partial charge in [0.1, 0.15) is 0 Å². The van der Waals surface area contributed by atoms with Gasteiger partial charge in [-0.05, 0) is 35.0 Å². The molecule has 0 aliphatic heterocycles. The van der Waals surface area contributed by atoms with E-state index < -0.39 is 5.97 Å². The lowest BCUT2D eigenvalue weighted by Crippen LogP contribution is -2.03. The Labute approximate surface area is 88.3 Å². The van der Waals surface area contributed by atoms with Gasteiger partial charge < -0.3 is 5.11 Å². The Hall–Kier alpha value is -1.36. The topological polar surface area (TPSA) is 54.6 Å². The minimum absolute atomic E-state index is 0.210. The maximum Gasteiger partial charge on any atom is 0.354 e. The number of halogens is 1. The predicted molar refractivity (Wildman–Crippen MR) is 54.6 cm³/mol. The summed E-state index contributed by atoms with van der Waals surface area (Å²) in [6.07, 6.45) is 1.68. The maximum atomic E-state index is 10.9. The van der Waals surface area contributed by atoms with Crippen LogP contribution in [0.1, 0.15) is 16.2 Å². The van der Waals surface area contributed by atoms with Crippen molar-refractivity contribution in [2.75, 3.05) is 0 Å². The van der Waals surface area contributed by atoms with Gasteiger partial charge in [-0.25, -0.2) is 9.78 Å². The number of carboxylic acids is 1. The van der Waals surface area contributed by atoms with Crippen molar-refractivity contribution in [1.29, 1.82) is 0 Å². The van der Waals surface area contributed by atoms with Gasteiger partial charge in [-0.3, -0.25) is 4.40 Å². The zero-order valence-electron chi connectivity index (χ0n) is 7.36. The van der Waals surface area contributed by atoms with Gasteiger partial charge in [0, 0.05) is 6.20 Å². The molecule has 0 unspecified atom stereocenters. The van der Waals surface area contributed by atoms with Crippen LogP contribution in [0.4, 0.5) is 0 Å². The van der Waals surface area contributed by atoms with E-state index in [0.717, 1.165) is 4.47 Å². The van der Waals surface area contributed by atoms with Crippen LogP contribution in [0.15, 0.2) is 22.8 Å². The molecule has 0 aliphatic rings. The molecule has 2 rings (SSSR count). The van der Waals surface area contributed by atoms with Gasteiger partial charge in [0.05, 0.1) is 10.2 Å². The Balaban J connectivity index is 2.90. The van der Waals surface area contributed by atoms with Gasteiger partial charge >= 0.3 is 5.97 Å². The zero-order chi connectivity index (χ0) is 10.3. The van der Waals surface area contributed by atoms with E-state index in [2.05, 4.69) is 20.9 Å². The van der Waals surface area contributed by atoms with Crippen molar-refractivity contribution in [3.05, 3.63) is 34.2 Å². The summed E-state index contributed by atoms with van der Waals surface area (Å²) in [5.41, 5.74) is 1.35. The molecule has 72 valence electrons. The summed E-state index contributed by atoms with van der Waals surface area (Å²) in [6, 6.07) is 3.60. The van der Waals surface area contributed by atoms with Crippen LogP contribution in [-0.2, 0) is 0 Å². The molecule has 0 radical (unpaired) electrons. The van der Waals surface area contributed by atoms with Crippen molar-refractivity contribution in [2.45, 2.75) is 6.92 Å². The van der Waals surface area contributed by atoms with Crippen molar-refractivity contribution in [3.8, 4) is 0 Å². The summed E-state index contributed by atoms with van der Waals surface area (Å²) >= 11 is 3.32. The first kappa shape index (κ1) is 9.21. The van der Waals surface area contributed by atoms with E-state index in [-0.39, 0.29) is 5.69 Å². The fourth-order valence-electron chi connectivity index (χ4n) is 1.41. The fourth-order valence-corrected chi connectivity index (χ4v) is 1.84. The Morgan fingerprint density at radius 1 is 1.64 bits per heavy atom. The third-order valence-corrected chi connectivity index (χ3v) is 2.60. The van der Waals surface area contributed by atoms with E-state index >= 15 is 0 Å². The number of hydrogen-bond donors (Lipinski definition) is 1. The summed E-state index contributed by atoms with van der Waals surface area (Å²) in [6.45, 7) is 1.68. The first-order chi connectivity index (χ1) is 6.61. The quantitative estimate of drug-likeness (QED) is 0.848. The lowest BCUT2D eigenvalue weighted by Gasteiger charge is -1.97. The molecule has 5 heteroatoms. The molecule has 0 spiro atoms. The number of aryl methyl sites for hydroxylation is 1. The Morgan fingerprint density at radius 2 is 2.36 bits per heavy atom. The third-order valence-electron chi connectivity index (χ3n) is 1.98. The average Bonchev–Trinajstić information content (AvgIpc) is 2.42. The van der Waals surface area contributed by atoms with E-state index in [1.165, 1.54) is 0 Å². The summed E-state index contributed by atoms with van der Waals surface area (Å²) in [4.78, 5) is 15.1. The van der Waals surface area contributed by atoms with Crippen molar-refractivity contribution in [2.24, 2.45) is 0 Å². The van der Waals surface area contributed by atoms with Crippen LogP contribution in [-0.4, -0.2) is 20.5 Å². The Kier molecular flexibility index (Phi) is 2.03. The van der Waals surface area contributed by atoms with Gasteiger partial charge in [0.15, 0.2) is 11.3 Å². The molecular weight excluding hydrogens is 248 g/mol. The second-order valence-corrected chi connectivity index (χ2v) is 3.76. The average molecular weight is 255 g/mol. The number of rotatable bonds is 1. The summed E-state index contributed by atoms with van der Waals surface area (Å²) in [7, 11) is 0. The van der Waals surface area contributed by atoms with Gasteiger partial charge in [-0.2, -0.15) is 0 Å². The Morgan fingerprint density at radius 3 is 3.00 bits per heavy atom. The predicted octanol–water partition coefficient (Wildman–Crippen LogP) is 2.10. The molecule has 0 saturated carbocycles. The molecular formula is C9H7BrN2O2. The summed E-state index contributed by atoms with van der Waals surface area (Å²) in [5, 5.41) is 8.97. The maximum absolute atomic E-state index is 10.9. The largest absolute Gasteiger partial charge is 0.477 e. The lowest BCUT2D eigenvalue weighted by atomic mass is 10.3. The molecule has 1 N–H and O–H groups in total. The minimum Gasteiger partial charge on any atom is -0.477 e. The molecule has 0 amide bonds. The van der Waals surface area contributed by atoms with Crippen LogP contribution in [0.25, 0.3) is 5.65 Å². The highest BCUT2D eigenvalue weighted by Crippen LogP contribution is 2.19. The highest BCUT2D eigenvalue weighted by Gasteiger charge is 2.15. The number of carbonyl (C=O) groups is 1. The standard InChI is InChI=1S/C9H7BrN2O2/c1-5-7(9(13)14)12-4-2-3-6(10)8(12)11-5/h2-4H,1H3,(H,13,14). The number of nitrogens with zero attached hydrogens (tertiary/aromatic N) is 2. The van der Waals surface area contributed by atoms with Crippen LogP contribution < -0.4 is 0 Å². The van der Waals surface area contributed by atoms with Crippen molar-refractivity contribution in [1.82, 2.24) is 9.38 Å². The van der Waals surface area contributed by atoms with Crippen LogP contribution in [0.5, 0.6) is 0 Å². The molecule has 0 atom stereocenters. The molecule has 0 saturated heterocycles. The van der Waals surface area contributed by atoms with E-state index in [1.54, 1.807) is 23.6 Å². The van der Waals surface area contributed by atoms with E-state index in [4.69, 9.17) is 5.11 Å². The normalized spacial score (nSPS) is 10.7. The van der Waals surface area contributed by atoms with Crippen molar-refractivity contribution in [3.63, 3.8) is 0 Å². The van der Waals surface area contributed by atoms with Gasteiger partial charge in [-0.15, -0.1) is 0 Å². The molecule has 0 bridgehead atoms. The molecule has 2 heterocycles. The third kappa shape index (κ3) is 1.21. The second-order valence-electron chi connectivity index (χ2n) is 2.90. The number of aromatic nitrogens is 2. The first-order valence-corrected chi connectivity index (χ1v) is 4.77. The number of aromatic carboxylic acids is 1. The van der Waals surface area contributed by atoms with E-state index in [0.29, 0.717) is 11.3 Å². The highest BCUT2D eigenvalue weighted by atomic mass is 79.9. The van der Waals surface area contributed by atoms with Crippen LogP contribution in [0.3, 0.4) is 0 Å². The molecule has 2 aromatic heterocycles. The smallest absolute Gasteiger partial charge is 0.354 e. The zero-order valence-corrected chi connectivity index (χ0v) is 8.95. The molecule has 2 aromatic rings. The Bertz CT molecular complexity index is 519. The minimum atomic E-state index is -0.965. The van der Waals surface area contributed by atoms with Crippen molar-refractivity contribution < 1.29 is 9.90 Å². The number of pyridine rings is 1. The monoisotopic (exact) mass is 254 g/mol. The lowest BCUT2D eigenvalue weighted by molar-refractivity contribution is 0.0688. The number of carboxylic acid groups (broad SMARTS) is 1. The van der Waals surface area contributed by atoms with Crippen LogP contribution in [0, 0.1) is 6.92 Å². The number of hydrogen-bond acceptors (Lipinski definition) is 2. The van der Waals surface area contributed by atoms with Crippen LogP contribution in [0.2, 0.25) is 0 Å². The second kappa shape index (κ2) is 3.09. The summed E-state index contributed by atoms with van der Waals surface area (Å²) in [5.74, 6) is -0.965. The molecule has 0 fully saturated rings. The van der Waals surface area contributed by atoms with Crippen LogP contribution >= 0.6 is 15.9 Å². The summed E-state index contributed by atoms with van der Waals surface area (Å²) < 4.78 is 2.34. The number of fused-ring (bicyclic) bond motifs is 1. The number of imidazole rings is 1. The van der Waals surface area contributed by atoms with E-state index in [9.17, 15) is 4.79 Å². The first-order valence-electron chi connectivity index (χ1n) is 3.97. The molecule has 4 nitrogen and oxygen atoms in total. The SMILES string of the molecule is Cc1nc2c(Br)cccn2c1C(=O)O. The van der Waals surface area contributed by atoms with Gasteiger partial charge in [0.2, 0.25) is 0 Å². The fraction of sp³-hybridized carbons (Fsp3) is 0.111. The molecule has 0 aliphatic carbocycles. The van der Waals surface area contributed by atoms with Crippen molar-refractivity contribution >= 4 is 27.5 Å². The molecule has 14 heavy (non-hydrogen) atoms. The van der Waals surface area contributed by atoms with Gasteiger partial charge in [-0.1, -0.05) is 0 Å². The highest BCUT2D eigenvalue weighted by molar-refractivity contribution is 9.10.